The summed E-state index contributed by atoms with van der Waals surface area (Å²) in [6.07, 6.45) is 4.83. The fourth-order valence-corrected chi connectivity index (χ4v) is 2.57. The fraction of sp³-hybridized carbons (Fsp3) is 0.190. The lowest BCUT2D eigenvalue weighted by Crippen LogP contribution is -2.26. The summed E-state index contributed by atoms with van der Waals surface area (Å²) in [5.74, 6) is 0.310. The normalized spacial score (nSPS) is 12.8. The quantitative estimate of drug-likeness (QED) is 0.729. The topological polar surface area (TPSA) is 64.1 Å². The van der Waals surface area contributed by atoms with E-state index >= 15 is 0 Å². The minimum Gasteiger partial charge on any atom is -0.470 e. The molecular formula is C21H21N3O2. The van der Waals surface area contributed by atoms with E-state index < -0.39 is 0 Å². The average Bonchev–Trinajstić information content (AvgIpc) is 2.69. The molecule has 0 saturated carbocycles. The van der Waals surface area contributed by atoms with Crippen molar-refractivity contribution in [3.05, 3.63) is 89.9 Å². The highest BCUT2D eigenvalue weighted by molar-refractivity contribution is 5.94. The first-order chi connectivity index (χ1) is 12.6. The van der Waals surface area contributed by atoms with Crippen LogP contribution in [-0.2, 0) is 0 Å². The van der Waals surface area contributed by atoms with E-state index in [0.717, 1.165) is 11.1 Å². The number of amides is 1. The average molecular weight is 347 g/mol. The van der Waals surface area contributed by atoms with Crippen LogP contribution in [0.1, 0.15) is 47.5 Å². The molecule has 0 aliphatic heterocycles. The second kappa shape index (κ2) is 8.25. The van der Waals surface area contributed by atoms with Crippen molar-refractivity contribution in [3.63, 3.8) is 0 Å². The minimum atomic E-state index is -0.176. The summed E-state index contributed by atoms with van der Waals surface area (Å²) in [6.45, 7) is 3.90. The molecule has 1 N–H and O–H groups in total. The zero-order valence-electron chi connectivity index (χ0n) is 14.8. The van der Waals surface area contributed by atoms with Gasteiger partial charge in [-0.25, -0.2) is 4.98 Å². The Hall–Kier alpha value is -3.21. The lowest BCUT2D eigenvalue weighted by molar-refractivity contribution is 0.0939. The molecule has 1 aromatic carbocycles. The van der Waals surface area contributed by atoms with Gasteiger partial charge in [-0.3, -0.25) is 9.78 Å². The Morgan fingerprint density at radius 3 is 2.35 bits per heavy atom. The first kappa shape index (κ1) is 17.6. The maximum Gasteiger partial charge on any atom is 0.253 e. The first-order valence-corrected chi connectivity index (χ1v) is 8.52. The maximum atomic E-state index is 12.4. The van der Waals surface area contributed by atoms with Crippen molar-refractivity contribution in [3.8, 4) is 5.88 Å². The molecule has 0 radical (unpaired) electrons. The highest BCUT2D eigenvalue weighted by Crippen LogP contribution is 2.20. The Bertz CT molecular complexity index is 836. The highest BCUT2D eigenvalue weighted by atomic mass is 16.5. The van der Waals surface area contributed by atoms with E-state index in [1.165, 1.54) is 6.20 Å². The smallest absolute Gasteiger partial charge is 0.253 e. The van der Waals surface area contributed by atoms with Crippen molar-refractivity contribution in [1.82, 2.24) is 15.3 Å². The van der Waals surface area contributed by atoms with Gasteiger partial charge in [0.05, 0.1) is 11.6 Å². The fourth-order valence-electron chi connectivity index (χ4n) is 2.57. The van der Waals surface area contributed by atoms with Gasteiger partial charge in [0.25, 0.3) is 5.91 Å². The third kappa shape index (κ3) is 4.45. The van der Waals surface area contributed by atoms with Crippen LogP contribution >= 0.6 is 0 Å². The van der Waals surface area contributed by atoms with Gasteiger partial charge in [-0.15, -0.1) is 0 Å². The molecule has 0 aliphatic rings. The number of rotatable bonds is 6. The maximum absolute atomic E-state index is 12.4. The molecule has 0 aliphatic carbocycles. The number of hydrogen-bond donors (Lipinski definition) is 1. The van der Waals surface area contributed by atoms with E-state index in [1.807, 2.05) is 56.3 Å². The van der Waals surface area contributed by atoms with Gasteiger partial charge >= 0.3 is 0 Å². The van der Waals surface area contributed by atoms with Crippen molar-refractivity contribution in [2.24, 2.45) is 0 Å². The predicted octanol–water partition coefficient (Wildman–Crippen LogP) is 4.11. The molecule has 2 heterocycles. The van der Waals surface area contributed by atoms with Gasteiger partial charge in [0.2, 0.25) is 5.88 Å². The number of hydrogen-bond acceptors (Lipinski definition) is 4. The van der Waals surface area contributed by atoms with Gasteiger partial charge in [0.1, 0.15) is 6.10 Å². The highest BCUT2D eigenvalue weighted by Gasteiger charge is 2.13. The van der Waals surface area contributed by atoms with Crippen LogP contribution in [-0.4, -0.2) is 15.9 Å². The van der Waals surface area contributed by atoms with E-state index in [0.29, 0.717) is 11.4 Å². The van der Waals surface area contributed by atoms with Crippen LogP contribution in [0.2, 0.25) is 0 Å². The number of nitrogens with zero attached hydrogens (tertiary/aromatic N) is 2. The predicted molar refractivity (Wildman–Crippen MR) is 99.8 cm³/mol. The molecule has 2 aromatic heterocycles. The Labute approximate surface area is 153 Å². The minimum absolute atomic E-state index is 0.112. The third-order valence-corrected chi connectivity index (χ3v) is 4.12. The van der Waals surface area contributed by atoms with Gasteiger partial charge in [-0.05, 0) is 43.2 Å². The molecule has 0 bridgehead atoms. The summed E-state index contributed by atoms with van der Waals surface area (Å²) < 4.78 is 5.84. The van der Waals surface area contributed by atoms with E-state index in [-0.39, 0.29) is 18.1 Å². The number of aromatic nitrogens is 2. The summed E-state index contributed by atoms with van der Waals surface area (Å²) in [5.41, 5.74) is 2.56. The number of carbonyl (C=O) groups is 1. The van der Waals surface area contributed by atoms with Gasteiger partial charge in [-0.1, -0.05) is 30.3 Å². The Balaban J connectivity index is 1.61. The lowest BCUT2D eigenvalue weighted by Gasteiger charge is -2.15. The summed E-state index contributed by atoms with van der Waals surface area (Å²) in [5, 5.41) is 2.95. The number of carbonyl (C=O) groups excluding carboxylic acids is 1. The van der Waals surface area contributed by atoms with Crippen LogP contribution in [0.25, 0.3) is 0 Å². The second-order valence-electron chi connectivity index (χ2n) is 6.03. The van der Waals surface area contributed by atoms with Crippen molar-refractivity contribution >= 4 is 5.91 Å². The summed E-state index contributed by atoms with van der Waals surface area (Å²) in [7, 11) is 0. The molecule has 0 unspecified atom stereocenters. The van der Waals surface area contributed by atoms with E-state index in [4.69, 9.17) is 4.74 Å². The molecule has 1 amide bonds. The number of benzene rings is 1. The van der Waals surface area contributed by atoms with E-state index in [9.17, 15) is 4.79 Å². The van der Waals surface area contributed by atoms with Gasteiger partial charge in [0, 0.05) is 24.7 Å². The zero-order valence-corrected chi connectivity index (χ0v) is 14.8. The molecule has 0 spiro atoms. The largest absolute Gasteiger partial charge is 0.470 e. The van der Waals surface area contributed by atoms with Gasteiger partial charge in [0.15, 0.2) is 0 Å². The Kier molecular flexibility index (Phi) is 5.59. The van der Waals surface area contributed by atoms with Crippen LogP contribution in [0.4, 0.5) is 0 Å². The zero-order chi connectivity index (χ0) is 18.4. The molecule has 0 saturated heterocycles. The molecule has 2 atom stereocenters. The lowest BCUT2D eigenvalue weighted by atomic mass is 10.1. The van der Waals surface area contributed by atoms with Crippen molar-refractivity contribution in [1.29, 1.82) is 0 Å². The number of nitrogens with one attached hydrogen (secondary N) is 1. The van der Waals surface area contributed by atoms with Crippen molar-refractivity contribution < 1.29 is 9.53 Å². The molecule has 132 valence electrons. The van der Waals surface area contributed by atoms with Crippen molar-refractivity contribution in [2.45, 2.75) is 26.0 Å². The van der Waals surface area contributed by atoms with E-state index in [1.54, 1.807) is 24.5 Å². The molecule has 3 aromatic rings. The molecule has 3 rings (SSSR count). The van der Waals surface area contributed by atoms with Crippen LogP contribution in [0.15, 0.2) is 73.2 Å². The summed E-state index contributed by atoms with van der Waals surface area (Å²) in [6, 6.07) is 17.0. The Morgan fingerprint density at radius 1 is 0.962 bits per heavy atom. The van der Waals surface area contributed by atoms with Gasteiger partial charge < -0.3 is 10.1 Å². The molecule has 5 heteroatoms. The standard InChI is InChI=1S/C21H21N3O2/c1-15(17-10-12-22-13-11-17)24-21(25)19-8-9-20(23-14-19)26-16(2)18-6-4-3-5-7-18/h3-16H,1-2H3,(H,24,25)/t15-,16-/m1/s1. The number of pyridine rings is 2. The number of ether oxygens (including phenoxy) is 1. The van der Waals surface area contributed by atoms with Crippen LogP contribution in [0.3, 0.4) is 0 Å². The molecule has 5 nitrogen and oxygen atoms in total. The summed E-state index contributed by atoms with van der Waals surface area (Å²) in [4.78, 5) is 20.6. The first-order valence-electron chi connectivity index (χ1n) is 8.52. The Morgan fingerprint density at radius 2 is 1.69 bits per heavy atom. The monoisotopic (exact) mass is 347 g/mol. The van der Waals surface area contributed by atoms with Gasteiger partial charge in [-0.2, -0.15) is 0 Å². The van der Waals surface area contributed by atoms with Crippen LogP contribution < -0.4 is 10.1 Å². The second-order valence-corrected chi connectivity index (χ2v) is 6.03. The molecule has 0 fully saturated rings. The molecular weight excluding hydrogens is 326 g/mol. The van der Waals surface area contributed by atoms with Crippen LogP contribution in [0.5, 0.6) is 5.88 Å². The van der Waals surface area contributed by atoms with Crippen molar-refractivity contribution in [2.75, 3.05) is 0 Å². The van der Waals surface area contributed by atoms with E-state index in [2.05, 4.69) is 15.3 Å². The third-order valence-electron chi connectivity index (χ3n) is 4.12. The van der Waals surface area contributed by atoms with Crippen LogP contribution in [0, 0.1) is 0 Å². The summed E-state index contributed by atoms with van der Waals surface area (Å²) >= 11 is 0. The SMILES string of the molecule is C[C@@H](NC(=O)c1ccc(O[C@H](C)c2ccccc2)nc1)c1ccncc1. The molecule has 26 heavy (non-hydrogen) atoms.